The molecule has 0 aliphatic heterocycles. The highest BCUT2D eigenvalue weighted by molar-refractivity contribution is 7.99. The van der Waals surface area contributed by atoms with Gasteiger partial charge in [0.25, 0.3) is 0 Å². The van der Waals surface area contributed by atoms with Crippen LogP contribution in [0.25, 0.3) is 0 Å². The molecule has 30 heavy (non-hydrogen) atoms. The predicted molar refractivity (Wildman–Crippen MR) is 123 cm³/mol. The zero-order valence-corrected chi connectivity index (χ0v) is 18.9. The average Bonchev–Trinajstić information content (AvgIpc) is 2.78. The highest BCUT2D eigenvalue weighted by Gasteiger charge is 2.28. The molecule has 1 atom stereocenters. The number of nitrogens with zero attached hydrogens (tertiary/aromatic N) is 1. The Morgan fingerprint density at radius 1 is 1.10 bits per heavy atom. The lowest BCUT2D eigenvalue weighted by atomic mass is 10.1. The molecule has 6 heteroatoms. The van der Waals surface area contributed by atoms with E-state index in [1.165, 1.54) is 0 Å². The largest absolute Gasteiger partial charge is 0.497 e. The van der Waals surface area contributed by atoms with E-state index in [2.05, 4.69) is 5.32 Å². The number of thioether (sulfide) groups is 1. The number of methoxy groups -OCH3 is 1. The Labute approximate surface area is 184 Å². The first-order valence-electron chi connectivity index (χ1n) is 10.5. The van der Waals surface area contributed by atoms with E-state index in [1.54, 1.807) is 23.8 Å². The Morgan fingerprint density at radius 3 is 2.53 bits per heavy atom. The SMILES string of the molecule is CCCNC(=O)[C@H](CC)N(Cc1cccc(OC)c1)C(=O)CCSc1ccccc1. The molecule has 0 bridgehead atoms. The van der Waals surface area contributed by atoms with E-state index in [9.17, 15) is 9.59 Å². The molecule has 5 nitrogen and oxygen atoms in total. The summed E-state index contributed by atoms with van der Waals surface area (Å²) in [5, 5.41) is 2.95. The van der Waals surface area contributed by atoms with Gasteiger partial charge in [-0.25, -0.2) is 0 Å². The maximum absolute atomic E-state index is 13.2. The molecule has 0 radical (unpaired) electrons. The van der Waals surface area contributed by atoms with Gasteiger partial charge in [-0.15, -0.1) is 11.8 Å². The van der Waals surface area contributed by atoms with Gasteiger partial charge in [0.2, 0.25) is 11.8 Å². The Hall–Kier alpha value is -2.47. The molecule has 162 valence electrons. The molecule has 0 aliphatic carbocycles. The van der Waals surface area contributed by atoms with Crippen LogP contribution in [0.2, 0.25) is 0 Å². The second-order valence-electron chi connectivity index (χ2n) is 7.00. The number of carbonyl (C=O) groups is 2. The summed E-state index contributed by atoms with van der Waals surface area (Å²) < 4.78 is 5.31. The minimum Gasteiger partial charge on any atom is -0.497 e. The monoisotopic (exact) mass is 428 g/mol. The predicted octanol–water partition coefficient (Wildman–Crippen LogP) is 4.51. The zero-order valence-electron chi connectivity index (χ0n) is 18.1. The number of amides is 2. The fourth-order valence-corrected chi connectivity index (χ4v) is 4.03. The summed E-state index contributed by atoms with van der Waals surface area (Å²) in [5.74, 6) is 1.30. The second kappa shape index (κ2) is 13.0. The highest BCUT2D eigenvalue weighted by Crippen LogP contribution is 2.21. The first-order valence-corrected chi connectivity index (χ1v) is 11.5. The van der Waals surface area contributed by atoms with Crippen molar-refractivity contribution >= 4 is 23.6 Å². The molecule has 0 saturated heterocycles. The summed E-state index contributed by atoms with van der Waals surface area (Å²) >= 11 is 1.65. The summed E-state index contributed by atoms with van der Waals surface area (Å²) in [6, 6.07) is 17.2. The number of rotatable bonds is 12. The summed E-state index contributed by atoms with van der Waals surface area (Å²) in [6.45, 7) is 4.95. The van der Waals surface area contributed by atoms with Crippen molar-refractivity contribution in [3.63, 3.8) is 0 Å². The van der Waals surface area contributed by atoms with Gasteiger partial charge in [0, 0.05) is 30.2 Å². The summed E-state index contributed by atoms with van der Waals surface area (Å²) in [5.41, 5.74) is 0.945. The number of benzene rings is 2. The average molecular weight is 429 g/mol. The lowest BCUT2D eigenvalue weighted by Gasteiger charge is -2.30. The van der Waals surface area contributed by atoms with Crippen molar-refractivity contribution in [1.82, 2.24) is 10.2 Å². The first kappa shape index (κ1) is 23.8. The molecule has 0 spiro atoms. The molecule has 0 fully saturated rings. The summed E-state index contributed by atoms with van der Waals surface area (Å²) in [4.78, 5) is 28.8. The normalized spacial score (nSPS) is 11.6. The van der Waals surface area contributed by atoms with Gasteiger partial charge in [0.15, 0.2) is 0 Å². The van der Waals surface area contributed by atoms with Crippen LogP contribution in [-0.4, -0.2) is 42.2 Å². The minimum atomic E-state index is -0.489. The molecule has 0 unspecified atom stereocenters. The zero-order chi connectivity index (χ0) is 21.8. The fraction of sp³-hybridized carbons (Fsp3) is 0.417. The van der Waals surface area contributed by atoms with Crippen LogP contribution in [0, 0.1) is 0 Å². The van der Waals surface area contributed by atoms with Crippen LogP contribution in [-0.2, 0) is 16.1 Å². The third kappa shape index (κ3) is 7.41. The van der Waals surface area contributed by atoms with E-state index in [-0.39, 0.29) is 11.8 Å². The van der Waals surface area contributed by atoms with E-state index in [0.717, 1.165) is 22.6 Å². The van der Waals surface area contributed by atoms with E-state index < -0.39 is 6.04 Å². The van der Waals surface area contributed by atoms with Crippen LogP contribution < -0.4 is 10.1 Å². The van der Waals surface area contributed by atoms with Gasteiger partial charge in [-0.3, -0.25) is 9.59 Å². The van der Waals surface area contributed by atoms with E-state index in [1.807, 2.05) is 68.4 Å². The lowest BCUT2D eigenvalue weighted by Crippen LogP contribution is -2.49. The van der Waals surface area contributed by atoms with Gasteiger partial charge >= 0.3 is 0 Å². The number of ether oxygens (including phenoxy) is 1. The van der Waals surface area contributed by atoms with Crippen LogP contribution >= 0.6 is 11.8 Å². The van der Waals surface area contributed by atoms with E-state index >= 15 is 0 Å². The molecular weight excluding hydrogens is 396 g/mol. The standard InChI is InChI=1S/C24H32N2O3S/c1-4-15-25-24(28)22(5-2)26(18-19-10-9-11-20(17-19)29-3)23(27)14-16-30-21-12-7-6-8-13-21/h6-13,17,22H,4-5,14-16,18H2,1-3H3,(H,25,28)/t22-/m0/s1. The third-order valence-corrected chi connectivity index (χ3v) is 5.76. The maximum atomic E-state index is 13.2. The van der Waals surface area contributed by atoms with Gasteiger partial charge in [0.1, 0.15) is 11.8 Å². The van der Waals surface area contributed by atoms with Crippen LogP contribution in [0.5, 0.6) is 5.75 Å². The lowest BCUT2D eigenvalue weighted by molar-refractivity contribution is -0.141. The smallest absolute Gasteiger partial charge is 0.242 e. The number of nitrogens with one attached hydrogen (secondary N) is 1. The van der Waals surface area contributed by atoms with Crippen LogP contribution in [0.3, 0.4) is 0 Å². The van der Waals surface area contributed by atoms with Crippen LogP contribution in [0.15, 0.2) is 59.5 Å². The molecule has 0 aromatic heterocycles. The molecule has 2 amide bonds. The molecule has 2 aromatic rings. The van der Waals surface area contributed by atoms with Gasteiger partial charge in [-0.05, 0) is 42.7 Å². The van der Waals surface area contributed by atoms with Gasteiger partial charge in [-0.1, -0.05) is 44.2 Å². The topological polar surface area (TPSA) is 58.6 Å². The number of hydrogen-bond donors (Lipinski definition) is 1. The first-order chi connectivity index (χ1) is 14.6. The van der Waals surface area contributed by atoms with Crippen molar-refractivity contribution in [1.29, 1.82) is 0 Å². The second-order valence-corrected chi connectivity index (χ2v) is 8.17. The van der Waals surface area contributed by atoms with Crippen molar-refractivity contribution in [2.45, 2.75) is 50.6 Å². The molecular formula is C24H32N2O3S. The summed E-state index contributed by atoms with van der Waals surface area (Å²) in [6.07, 6.45) is 1.80. The Kier molecular flexibility index (Phi) is 10.3. The minimum absolute atomic E-state index is 0.0141. The molecule has 0 heterocycles. The Morgan fingerprint density at radius 2 is 1.87 bits per heavy atom. The fourth-order valence-electron chi connectivity index (χ4n) is 3.17. The molecule has 1 N–H and O–H groups in total. The highest BCUT2D eigenvalue weighted by atomic mass is 32.2. The van der Waals surface area contributed by atoms with E-state index in [4.69, 9.17) is 4.74 Å². The van der Waals surface area contributed by atoms with Gasteiger partial charge in [-0.2, -0.15) is 0 Å². The van der Waals surface area contributed by atoms with Crippen molar-refractivity contribution in [3.05, 3.63) is 60.2 Å². The summed E-state index contributed by atoms with van der Waals surface area (Å²) in [7, 11) is 1.62. The number of carbonyl (C=O) groups excluding carboxylic acids is 2. The Balaban J connectivity index is 2.13. The maximum Gasteiger partial charge on any atom is 0.242 e. The Bertz CT molecular complexity index is 798. The van der Waals surface area contributed by atoms with Crippen molar-refractivity contribution in [2.75, 3.05) is 19.4 Å². The van der Waals surface area contributed by atoms with Crippen molar-refractivity contribution in [3.8, 4) is 5.75 Å². The van der Waals surface area contributed by atoms with Gasteiger partial charge < -0.3 is 15.0 Å². The van der Waals surface area contributed by atoms with Crippen LogP contribution in [0.4, 0.5) is 0 Å². The van der Waals surface area contributed by atoms with E-state index in [0.29, 0.717) is 31.7 Å². The number of hydrogen-bond acceptors (Lipinski definition) is 4. The molecule has 2 aromatic carbocycles. The quantitative estimate of drug-likeness (QED) is 0.505. The van der Waals surface area contributed by atoms with Crippen LogP contribution in [0.1, 0.15) is 38.7 Å². The van der Waals surface area contributed by atoms with Crippen molar-refractivity contribution < 1.29 is 14.3 Å². The molecule has 0 saturated carbocycles. The third-order valence-electron chi connectivity index (χ3n) is 4.75. The van der Waals surface area contributed by atoms with Crippen molar-refractivity contribution in [2.24, 2.45) is 0 Å². The molecule has 0 aliphatic rings. The molecule has 2 rings (SSSR count). The van der Waals surface area contributed by atoms with Gasteiger partial charge in [0.05, 0.1) is 7.11 Å².